The predicted octanol–water partition coefficient (Wildman–Crippen LogP) is 1.14. The third kappa shape index (κ3) is 1.48. The summed E-state index contributed by atoms with van der Waals surface area (Å²) in [6, 6.07) is 1.49. The van der Waals surface area contributed by atoms with Gasteiger partial charge >= 0.3 is 6.09 Å². The van der Waals surface area contributed by atoms with Gasteiger partial charge in [-0.2, -0.15) is 5.10 Å². The van der Waals surface area contributed by atoms with Crippen LogP contribution in [0.3, 0.4) is 0 Å². The number of hydrogen-bond acceptors (Lipinski definition) is 4. The molecule has 1 amide bonds. The van der Waals surface area contributed by atoms with E-state index in [0.717, 1.165) is 0 Å². The molecule has 0 atom stereocenters. The summed E-state index contributed by atoms with van der Waals surface area (Å²) < 4.78 is 6.44. The monoisotopic (exact) mass is 223 g/mol. The van der Waals surface area contributed by atoms with Gasteiger partial charge in [-0.15, -0.1) is 0 Å². The molecule has 0 saturated carbocycles. The first-order chi connectivity index (χ1) is 7.63. The fourth-order valence-electron chi connectivity index (χ4n) is 1.46. The summed E-state index contributed by atoms with van der Waals surface area (Å²) in [6.45, 7) is 0. The first-order valence-electron chi connectivity index (χ1n) is 4.36. The maximum atomic E-state index is 10.5. The van der Waals surface area contributed by atoms with Crippen molar-refractivity contribution in [1.82, 2.24) is 9.61 Å². The molecule has 0 unspecified atom stereocenters. The second-order valence-corrected chi connectivity index (χ2v) is 3.02. The molecule has 84 valence electrons. The molecule has 2 heterocycles. The van der Waals surface area contributed by atoms with E-state index in [0.29, 0.717) is 5.52 Å². The molecule has 0 aromatic carbocycles. The Bertz CT molecular complexity index is 549. The van der Waals surface area contributed by atoms with Crippen molar-refractivity contribution in [3.63, 3.8) is 0 Å². The van der Waals surface area contributed by atoms with Gasteiger partial charge in [-0.1, -0.05) is 0 Å². The van der Waals surface area contributed by atoms with Crippen molar-refractivity contribution in [3.05, 3.63) is 18.5 Å². The van der Waals surface area contributed by atoms with E-state index in [1.165, 1.54) is 30.1 Å². The number of pyridine rings is 1. The van der Waals surface area contributed by atoms with Crippen LogP contribution in [-0.2, 0) is 0 Å². The van der Waals surface area contributed by atoms with Gasteiger partial charge in [-0.25, -0.2) is 9.31 Å². The molecule has 0 fully saturated rings. The summed E-state index contributed by atoms with van der Waals surface area (Å²) in [5.41, 5.74) is 0.562. The minimum Gasteiger partial charge on any atom is -0.504 e. The van der Waals surface area contributed by atoms with Gasteiger partial charge in [0.15, 0.2) is 17.0 Å². The van der Waals surface area contributed by atoms with Gasteiger partial charge in [-0.3, -0.25) is 5.32 Å². The molecule has 0 saturated heterocycles. The van der Waals surface area contributed by atoms with Gasteiger partial charge < -0.3 is 14.9 Å². The molecule has 3 N–H and O–H groups in total. The summed E-state index contributed by atoms with van der Waals surface area (Å²) >= 11 is 0. The number of nitrogens with zero attached hydrogens (tertiary/aromatic N) is 2. The Kier molecular flexibility index (Phi) is 2.28. The number of hydrogen-bond donors (Lipinski definition) is 3. The highest BCUT2D eigenvalue weighted by Gasteiger charge is 2.14. The largest absolute Gasteiger partial charge is 0.504 e. The van der Waals surface area contributed by atoms with Crippen LogP contribution in [0.2, 0.25) is 0 Å². The fourth-order valence-corrected chi connectivity index (χ4v) is 1.46. The molecule has 0 aliphatic rings. The summed E-state index contributed by atoms with van der Waals surface area (Å²) in [5, 5.41) is 24.2. The van der Waals surface area contributed by atoms with E-state index in [4.69, 9.17) is 9.84 Å². The van der Waals surface area contributed by atoms with Gasteiger partial charge in [0.05, 0.1) is 19.0 Å². The summed E-state index contributed by atoms with van der Waals surface area (Å²) in [5.74, 6) is 0.144. The lowest BCUT2D eigenvalue weighted by Gasteiger charge is -2.09. The number of aromatic hydroxyl groups is 1. The van der Waals surface area contributed by atoms with Crippen LogP contribution in [-0.4, -0.2) is 33.0 Å². The minimum atomic E-state index is -1.21. The van der Waals surface area contributed by atoms with E-state index in [9.17, 15) is 9.90 Å². The molecular weight excluding hydrogens is 214 g/mol. The molecule has 0 radical (unpaired) electrons. The molecule has 0 aliphatic carbocycles. The standard InChI is InChI=1S/C9H9N3O4/c1-16-8-5(11-9(14)15)2-3-12-7(8)6(13)4-10-12/h2-4,11,13H,1H3,(H,14,15). The van der Waals surface area contributed by atoms with Crippen molar-refractivity contribution < 1.29 is 19.7 Å². The molecule has 7 nitrogen and oxygen atoms in total. The second kappa shape index (κ2) is 3.61. The Morgan fingerprint density at radius 2 is 2.38 bits per heavy atom. The van der Waals surface area contributed by atoms with Crippen molar-refractivity contribution >= 4 is 17.3 Å². The van der Waals surface area contributed by atoms with Crippen LogP contribution in [0.4, 0.5) is 10.5 Å². The summed E-state index contributed by atoms with van der Waals surface area (Å²) in [6.07, 6.45) is 1.56. The lowest BCUT2D eigenvalue weighted by atomic mass is 10.3. The van der Waals surface area contributed by atoms with Crippen molar-refractivity contribution in [3.8, 4) is 11.5 Å². The zero-order chi connectivity index (χ0) is 11.7. The van der Waals surface area contributed by atoms with Crippen LogP contribution < -0.4 is 10.1 Å². The lowest BCUT2D eigenvalue weighted by Crippen LogP contribution is -2.09. The molecule has 0 spiro atoms. The van der Waals surface area contributed by atoms with Gasteiger partial charge in [-0.05, 0) is 6.07 Å². The maximum absolute atomic E-state index is 10.5. The van der Waals surface area contributed by atoms with Crippen molar-refractivity contribution in [2.75, 3.05) is 12.4 Å². The average molecular weight is 223 g/mol. The van der Waals surface area contributed by atoms with Crippen LogP contribution in [0.1, 0.15) is 0 Å². The summed E-state index contributed by atoms with van der Waals surface area (Å²) in [7, 11) is 1.38. The zero-order valence-corrected chi connectivity index (χ0v) is 8.34. The molecule has 2 aromatic heterocycles. The van der Waals surface area contributed by atoms with E-state index in [1.54, 1.807) is 0 Å². The highest BCUT2D eigenvalue weighted by molar-refractivity contribution is 5.89. The SMILES string of the molecule is COc1c(NC(=O)O)ccn2ncc(O)c12. The Labute approximate surface area is 89.9 Å². The third-order valence-electron chi connectivity index (χ3n) is 2.06. The van der Waals surface area contributed by atoms with E-state index in [-0.39, 0.29) is 17.2 Å². The molecule has 16 heavy (non-hydrogen) atoms. The van der Waals surface area contributed by atoms with Crippen molar-refractivity contribution in [2.24, 2.45) is 0 Å². The van der Waals surface area contributed by atoms with Crippen molar-refractivity contribution in [1.29, 1.82) is 0 Å². The van der Waals surface area contributed by atoms with E-state index < -0.39 is 6.09 Å². The number of aromatic nitrogens is 2. The van der Waals surface area contributed by atoms with Crippen LogP contribution in [0.25, 0.3) is 5.52 Å². The highest BCUT2D eigenvalue weighted by atomic mass is 16.5. The number of carboxylic acid groups (broad SMARTS) is 1. The molecule has 2 rings (SSSR count). The Balaban J connectivity index is 2.66. The van der Waals surface area contributed by atoms with Crippen LogP contribution in [0.5, 0.6) is 11.5 Å². The van der Waals surface area contributed by atoms with Crippen molar-refractivity contribution in [2.45, 2.75) is 0 Å². The Morgan fingerprint density at radius 3 is 3.00 bits per heavy atom. The van der Waals surface area contributed by atoms with Crippen LogP contribution in [0.15, 0.2) is 18.5 Å². The molecular formula is C9H9N3O4. The smallest absolute Gasteiger partial charge is 0.409 e. The normalized spacial score (nSPS) is 10.3. The quantitative estimate of drug-likeness (QED) is 0.709. The number of ether oxygens (including phenoxy) is 1. The number of rotatable bonds is 2. The first kappa shape index (κ1) is 10.1. The molecule has 0 aliphatic heterocycles. The molecule has 0 bridgehead atoms. The number of anilines is 1. The minimum absolute atomic E-state index is 0.0779. The second-order valence-electron chi connectivity index (χ2n) is 3.02. The van der Waals surface area contributed by atoms with Gasteiger partial charge in [0, 0.05) is 6.20 Å². The Morgan fingerprint density at radius 1 is 1.62 bits per heavy atom. The number of amides is 1. The third-order valence-corrected chi connectivity index (χ3v) is 2.06. The topological polar surface area (TPSA) is 96.1 Å². The lowest BCUT2D eigenvalue weighted by molar-refractivity contribution is 0.209. The number of fused-ring (bicyclic) bond motifs is 1. The highest BCUT2D eigenvalue weighted by Crippen LogP contribution is 2.34. The number of nitrogens with one attached hydrogen (secondary N) is 1. The number of carbonyl (C=O) groups is 1. The molecule has 7 heteroatoms. The first-order valence-corrected chi connectivity index (χ1v) is 4.36. The van der Waals surface area contributed by atoms with Crippen LogP contribution >= 0.6 is 0 Å². The van der Waals surface area contributed by atoms with Gasteiger partial charge in [0.25, 0.3) is 0 Å². The molecule has 2 aromatic rings. The maximum Gasteiger partial charge on any atom is 0.409 e. The summed E-state index contributed by atoms with van der Waals surface area (Å²) in [4.78, 5) is 10.5. The van der Waals surface area contributed by atoms with Crippen LogP contribution in [0, 0.1) is 0 Å². The van der Waals surface area contributed by atoms with Gasteiger partial charge in [0.1, 0.15) is 0 Å². The average Bonchev–Trinajstić information content (AvgIpc) is 2.60. The van der Waals surface area contributed by atoms with Gasteiger partial charge in [0.2, 0.25) is 0 Å². The predicted molar refractivity (Wildman–Crippen MR) is 55.1 cm³/mol. The Hall–Kier alpha value is -2.44. The number of methoxy groups -OCH3 is 1. The van der Waals surface area contributed by atoms with E-state index in [2.05, 4.69) is 10.4 Å². The fraction of sp³-hybridized carbons (Fsp3) is 0.111. The van der Waals surface area contributed by atoms with E-state index >= 15 is 0 Å². The van der Waals surface area contributed by atoms with E-state index in [1.807, 2.05) is 0 Å². The zero-order valence-electron chi connectivity index (χ0n) is 8.34.